The first-order chi connectivity index (χ1) is 20.8. The standard InChI is InChI=1S/C32H25N3O8/c1-41-29-17-23(12-15-28(29)43-19-22-6-3-2-4-7-22)20-42-26-13-10-21(11-14-26)16-27-30(36)33-32(38)34(31(27)37)24-8-5-9-25(18-24)35(39)40/h2-18H,19-20H2,1H3,(H,33,36,38)/b27-16-. The Kier molecular flexibility index (Phi) is 8.43. The zero-order valence-corrected chi connectivity index (χ0v) is 22.9. The second kappa shape index (κ2) is 12.7. The van der Waals surface area contributed by atoms with E-state index in [2.05, 4.69) is 5.32 Å². The normalized spacial score (nSPS) is 13.9. The van der Waals surface area contributed by atoms with Crippen LogP contribution in [0.15, 0.2) is 103 Å². The Morgan fingerprint density at radius 2 is 1.56 bits per heavy atom. The van der Waals surface area contributed by atoms with Gasteiger partial charge in [-0.2, -0.15) is 0 Å². The average molecular weight is 580 g/mol. The van der Waals surface area contributed by atoms with Crippen LogP contribution in [-0.4, -0.2) is 29.9 Å². The molecule has 216 valence electrons. The van der Waals surface area contributed by atoms with Gasteiger partial charge in [0, 0.05) is 12.1 Å². The van der Waals surface area contributed by atoms with Gasteiger partial charge in [-0.05, 0) is 53.1 Å². The number of anilines is 1. The predicted octanol–water partition coefficient (Wildman–Crippen LogP) is 5.43. The molecule has 11 nitrogen and oxygen atoms in total. The minimum Gasteiger partial charge on any atom is -0.493 e. The average Bonchev–Trinajstić information content (AvgIpc) is 3.02. The lowest BCUT2D eigenvalue weighted by Crippen LogP contribution is -2.54. The largest absolute Gasteiger partial charge is 0.493 e. The highest BCUT2D eigenvalue weighted by atomic mass is 16.6. The van der Waals surface area contributed by atoms with Crippen molar-refractivity contribution >= 4 is 35.3 Å². The number of nitro benzene ring substituents is 1. The van der Waals surface area contributed by atoms with Gasteiger partial charge >= 0.3 is 6.03 Å². The lowest BCUT2D eigenvalue weighted by Gasteiger charge is -2.26. The number of imide groups is 2. The Morgan fingerprint density at radius 1 is 0.814 bits per heavy atom. The summed E-state index contributed by atoms with van der Waals surface area (Å²) in [6, 6.07) is 26.0. The molecule has 1 fully saturated rings. The van der Waals surface area contributed by atoms with Crippen LogP contribution in [-0.2, 0) is 22.8 Å². The Labute approximate surface area is 246 Å². The highest BCUT2D eigenvalue weighted by molar-refractivity contribution is 6.39. The van der Waals surface area contributed by atoms with E-state index in [0.29, 0.717) is 34.3 Å². The second-order valence-electron chi connectivity index (χ2n) is 9.35. The zero-order valence-electron chi connectivity index (χ0n) is 22.9. The summed E-state index contributed by atoms with van der Waals surface area (Å²) in [6.07, 6.45) is 1.33. The van der Waals surface area contributed by atoms with E-state index in [9.17, 15) is 24.5 Å². The second-order valence-corrected chi connectivity index (χ2v) is 9.35. The summed E-state index contributed by atoms with van der Waals surface area (Å²) in [5.41, 5.74) is 1.75. The fourth-order valence-electron chi connectivity index (χ4n) is 4.29. The number of hydrogen-bond acceptors (Lipinski definition) is 8. The van der Waals surface area contributed by atoms with Crippen LogP contribution in [0, 0.1) is 10.1 Å². The van der Waals surface area contributed by atoms with Crippen molar-refractivity contribution in [3.63, 3.8) is 0 Å². The van der Waals surface area contributed by atoms with Crippen LogP contribution < -0.4 is 24.4 Å². The van der Waals surface area contributed by atoms with Gasteiger partial charge in [-0.1, -0.05) is 54.6 Å². The highest BCUT2D eigenvalue weighted by Crippen LogP contribution is 2.30. The molecule has 4 amide bonds. The molecule has 43 heavy (non-hydrogen) atoms. The molecule has 1 aliphatic rings. The highest BCUT2D eigenvalue weighted by Gasteiger charge is 2.37. The molecule has 0 saturated carbocycles. The maximum Gasteiger partial charge on any atom is 0.335 e. The molecule has 11 heteroatoms. The number of rotatable bonds is 10. The maximum absolute atomic E-state index is 13.1. The van der Waals surface area contributed by atoms with E-state index >= 15 is 0 Å². The third-order valence-electron chi connectivity index (χ3n) is 6.46. The van der Waals surface area contributed by atoms with Gasteiger partial charge in [0.15, 0.2) is 11.5 Å². The van der Waals surface area contributed by atoms with Crippen LogP contribution in [0.2, 0.25) is 0 Å². The summed E-state index contributed by atoms with van der Waals surface area (Å²) in [5.74, 6) is -0.0492. The van der Waals surface area contributed by atoms with Crippen molar-refractivity contribution in [1.82, 2.24) is 5.32 Å². The van der Waals surface area contributed by atoms with Crippen molar-refractivity contribution in [2.45, 2.75) is 13.2 Å². The molecule has 0 aromatic heterocycles. The van der Waals surface area contributed by atoms with Gasteiger partial charge < -0.3 is 14.2 Å². The van der Waals surface area contributed by atoms with E-state index in [-0.39, 0.29) is 23.6 Å². The van der Waals surface area contributed by atoms with Gasteiger partial charge in [0.2, 0.25) is 0 Å². The lowest BCUT2D eigenvalue weighted by atomic mass is 10.1. The van der Waals surface area contributed by atoms with Crippen molar-refractivity contribution in [2.24, 2.45) is 0 Å². The van der Waals surface area contributed by atoms with Crippen molar-refractivity contribution in [3.05, 3.63) is 129 Å². The SMILES string of the molecule is COc1cc(COc2ccc(/C=C3/C(=O)NC(=O)N(c4cccc([N+](=O)[O-])c4)C3=O)cc2)ccc1OCc1ccccc1. The van der Waals surface area contributed by atoms with E-state index in [1.54, 1.807) is 31.4 Å². The molecule has 0 unspecified atom stereocenters. The van der Waals surface area contributed by atoms with Crippen LogP contribution in [0.25, 0.3) is 6.08 Å². The van der Waals surface area contributed by atoms with Crippen molar-refractivity contribution < 1.29 is 33.5 Å². The summed E-state index contributed by atoms with van der Waals surface area (Å²) >= 11 is 0. The van der Waals surface area contributed by atoms with Crippen LogP contribution in [0.3, 0.4) is 0 Å². The summed E-state index contributed by atoms with van der Waals surface area (Å²) in [5, 5.41) is 13.2. The van der Waals surface area contributed by atoms with E-state index < -0.39 is 22.8 Å². The van der Waals surface area contributed by atoms with E-state index in [1.165, 1.54) is 24.3 Å². The van der Waals surface area contributed by atoms with Gasteiger partial charge in [0.25, 0.3) is 17.5 Å². The Balaban J connectivity index is 1.25. The van der Waals surface area contributed by atoms with Crippen molar-refractivity contribution in [1.29, 1.82) is 0 Å². The van der Waals surface area contributed by atoms with Crippen LogP contribution in [0.4, 0.5) is 16.2 Å². The van der Waals surface area contributed by atoms with E-state index in [4.69, 9.17) is 14.2 Å². The van der Waals surface area contributed by atoms with Crippen LogP contribution in [0.5, 0.6) is 17.2 Å². The first-order valence-electron chi connectivity index (χ1n) is 13.0. The summed E-state index contributed by atoms with van der Waals surface area (Å²) in [4.78, 5) is 49.2. The number of methoxy groups -OCH3 is 1. The first kappa shape index (κ1) is 28.6. The minimum absolute atomic E-state index is 0.0359. The molecular weight excluding hydrogens is 554 g/mol. The predicted molar refractivity (Wildman–Crippen MR) is 157 cm³/mol. The van der Waals surface area contributed by atoms with E-state index in [0.717, 1.165) is 17.2 Å². The number of carbonyl (C=O) groups excluding carboxylic acids is 3. The van der Waals surface area contributed by atoms with Crippen LogP contribution in [0.1, 0.15) is 16.7 Å². The number of nitrogens with zero attached hydrogens (tertiary/aromatic N) is 2. The molecule has 0 bridgehead atoms. The number of nitrogens with one attached hydrogen (secondary N) is 1. The molecule has 4 aromatic rings. The Morgan fingerprint density at radius 3 is 2.28 bits per heavy atom. The minimum atomic E-state index is -0.996. The number of urea groups is 1. The molecule has 1 saturated heterocycles. The monoisotopic (exact) mass is 579 g/mol. The number of carbonyl (C=O) groups is 3. The number of barbiturate groups is 1. The molecule has 0 atom stereocenters. The molecule has 1 aliphatic heterocycles. The molecule has 4 aromatic carbocycles. The molecule has 0 spiro atoms. The van der Waals surface area contributed by atoms with Crippen molar-refractivity contribution in [3.8, 4) is 17.2 Å². The zero-order chi connectivity index (χ0) is 30.3. The number of hydrogen-bond donors (Lipinski definition) is 1. The number of non-ortho nitro benzene ring substituents is 1. The molecule has 1 N–H and O–H groups in total. The fourth-order valence-corrected chi connectivity index (χ4v) is 4.29. The number of ether oxygens (including phenoxy) is 3. The van der Waals surface area contributed by atoms with Gasteiger partial charge in [-0.25, -0.2) is 9.69 Å². The fraction of sp³-hybridized carbons (Fsp3) is 0.0938. The summed E-state index contributed by atoms with van der Waals surface area (Å²) in [6.45, 7) is 0.656. The van der Waals surface area contributed by atoms with Crippen molar-refractivity contribution in [2.75, 3.05) is 12.0 Å². The third-order valence-corrected chi connectivity index (χ3v) is 6.46. The number of amides is 4. The Bertz CT molecular complexity index is 1720. The Hall–Kier alpha value is -5.97. The van der Waals surface area contributed by atoms with Gasteiger partial charge in [-0.3, -0.25) is 25.0 Å². The van der Waals surface area contributed by atoms with Gasteiger partial charge in [0.05, 0.1) is 17.7 Å². The third kappa shape index (κ3) is 6.68. The lowest BCUT2D eigenvalue weighted by molar-refractivity contribution is -0.384. The van der Waals surface area contributed by atoms with Crippen LogP contribution >= 0.6 is 0 Å². The van der Waals surface area contributed by atoms with Gasteiger partial charge in [-0.15, -0.1) is 0 Å². The smallest absolute Gasteiger partial charge is 0.335 e. The quantitative estimate of drug-likeness (QED) is 0.114. The number of benzene rings is 4. The molecule has 0 aliphatic carbocycles. The molecule has 1 heterocycles. The van der Waals surface area contributed by atoms with Gasteiger partial charge in [0.1, 0.15) is 24.5 Å². The summed E-state index contributed by atoms with van der Waals surface area (Å²) < 4.78 is 17.3. The molecule has 5 rings (SSSR count). The molecular formula is C32H25N3O8. The molecule has 0 radical (unpaired) electrons. The topological polar surface area (TPSA) is 137 Å². The van der Waals surface area contributed by atoms with E-state index in [1.807, 2.05) is 48.5 Å². The maximum atomic E-state index is 13.1. The first-order valence-corrected chi connectivity index (χ1v) is 13.0. The number of nitro groups is 1. The summed E-state index contributed by atoms with van der Waals surface area (Å²) in [7, 11) is 1.57.